The number of carbonyl (C=O) groups excluding carboxylic acids is 1. The van der Waals surface area contributed by atoms with E-state index in [0.717, 1.165) is 0 Å². The van der Waals surface area contributed by atoms with Crippen molar-refractivity contribution in [1.82, 2.24) is 15.3 Å². The van der Waals surface area contributed by atoms with E-state index < -0.39 is 0 Å². The number of amides is 1. The molecule has 0 saturated heterocycles. The summed E-state index contributed by atoms with van der Waals surface area (Å²) < 4.78 is 0. The smallest absolute Gasteiger partial charge is 0.271 e. The van der Waals surface area contributed by atoms with E-state index in [1.807, 2.05) is 0 Å². The Morgan fingerprint density at radius 2 is 1.83 bits per heavy atom. The first-order valence-electron chi connectivity index (χ1n) is 8.67. The Kier molecular flexibility index (Phi) is 3.44. The molecule has 1 heterocycles. The summed E-state index contributed by atoms with van der Waals surface area (Å²) >= 11 is 0. The van der Waals surface area contributed by atoms with Gasteiger partial charge in [-0.25, -0.2) is 4.98 Å². The second-order valence-corrected chi connectivity index (χ2v) is 7.82. The zero-order valence-corrected chi connectivity index (χ0v) is 14.2. The molecule has 0 spiro atoms. The maximum atomic E-state index is 12.5. The van der Waals surface area contributed by atoms with Crippen LogP contribution in [0.5, 0.6) is 0 Å². The predicted octanol–water partition coefficient (Wildman–Crippen LogP) is 3.35. The average molecular weight is 321 g/mol. The summed E-state index contributed by atoms with van der Waals surface area (Å²) in [6.07, 6.45) is 8.20. The molecule has 1 aromatic heterocycles. The predicted molar refractivity (Wildman–Crippen MR) is 92.5 cm³/mol. The molecule has 0 radical (unpaired) electrons. The third kappa shape index (κ3) is 2.24. The Hall–Kier alpha value is -2.23. The second-order valence-electron chi connectivity index (χ2n) is 7.82. The lowest BCUT2D eigenvalue weighted by Crippen LogP contribution is -2.73. The maximum absolute atomic E-state index is 12.5. The molecule has 3 aliphatic carbocycles. The van der Waals surface area contributed by atoms with Crippen LogP contribution in [-0.2, 0) is 5.41 Å². The molecule has 0 aliphatic heterocycles. The fourth-order valence-electron chi connectivity index (χ4n) is 4.95. The minimum absolute atomic E-state index is 0.111. The fourth-order valence-corrected chi connectivity index (χ4v) is 4.95. The van der Waals surface area contributed by atoms with Gasteiger partial charge in [0.25, 0.3) is 5.91 Å². The molecule has 2 aromatic rings. The lowest BCUT2D eigenvalue weighted by atomic mass is 9.31. The molecule has 3 fully saturated rings. The molecule has 124 valence electrons. The quantitative estimate of drug-likeness (QED) is 0.919. The number of hydrogen-bond donors (Lipinski definition) is 1. The molecule has 4 nitrogen and oxygen atoms in total. The van der Waals surface area contributed by atoms with E-state index >= 15 is 0 Å². The number of hydrogen-bond acceptors (Lipinski definition) is 3. The van der Waals surface area contributed by atoms with E-state index in [0.29, 0.717) is 17.0 Å². The molecule has 1 aromatic carbocycles. The molecule has 5 rings (SSSR count). The van der Waals surface area contributed by atoms with Crippen LogP contribution in [0.2, 0.25) is 0 Å². The fraction of sp³-hybridized carbons (Fsp3) is 0.450. The van der Waals surface area contributed by atoms with Crippen molar-refractivity contribution >= 4 is 5.91 Å². The van der Waals surface area contributed by atoms with E-state index in [1.54, 1.807) is 12.4 Å². The second kappa shape index (κ2) is 5.40. The third-order valence-corrected chi connectivity index (χ3v) is 5.87. The van der Waals surface area contributed by atoms with E-state index in [9.17, 15) is 4.79 Å². The number of nitrogens with zero attached hydrogens (tertiary/aromatic N) is 2. The van der Waals surface area contributed by atoms with Gasteiger partial charge in [-0.3, -0.25) is 9.78 Å². The Balaban J connectivity index is 1.48. The summed E-state index contributed by atoms with van der Waals surface area (Å²) in [7, 11) is 0. The number of carbonyl (C=O) groups is 1. The van der Waals surface area contributed by atoms with E-state index in [4.69, 9.17) is 0 Å². The van der Waals surface area contributed by atoms with E-state index in [-0.39, 0.29) is 17.4 Å². The number of nitrogens with one attached hydrogen (secondary N) is 1. The third-order valence-electron chi connectivity index (χ3n) is 5.87. The topological polar surface area (TPSA) is 54.9 Å². The standard InChI is InChI=1S/C20H23N3O/c1-14(2)17(23-18(24)16-10-21-8-9-22-16)20-11-19(12-20,13-20)15-6-4-3-5-7-15/h3-10,14,17H,11-13H2,1-2H3,(H,23,24). The van der Waals surface area contributed by atoms with E-state index in [1.165, 1.54) is 31.0 Å². The monoisotopic (exact) mass is 321 g/mol. The van der Waals surface area contributed by atoms with Crippen molar-refractivity contribution < 1.29 is 4.79 Å². The van der Waals surface area contributed by atoms with Gasteiger partial charge in [0.2, 0.25) is 0 Å². The van der Waals surface area contributed by atoms with Crippen molar-refractivity contribution in [3.63, 3.8) is 0 Å². The van der Waals surface area contributed by atoms with Crippen molar-refractivity contribution in [1.29, 1.82) is 0 Å². The minimum atomic E-state index is -0.111. The molecule has 1 atom stereocenters. The van der Waals surface area contributed by atoms with Gasteiger partial charge in [0, 0.05) is 18.4 Å². The summed E-state index contributed by atoms with van der Waals surface area (Å²) in [5.74, 6) is 0.292. The first kappa shape index (κ1) is 15.3. The Morgan fingerprint density at radius 1 is 1.12 bits per heavy atom. The Bertz CT molecular complexity index is 722. The molecule has 3 aliphatic rings. The SMILES string of the molecule is CC(C)C(NC(=O)c1cnccn1)C12CC(c3ccccc3)(C1)C2. The zero-order valence-electron chi connectivity index (χ0n) is 14.2. The molecule has 24 heavy (non-hydrogen) atoms. The zero-order chi connectivity index (χ0) is 16.8. The van der Waals surface area contributed by atoms with Crippen molar-refractivity contribution in [2.75, 3.05) is 0 Å². The molecule has 1 amide bonds. The highest BCUT2D eigenvalue weighted by molar-refractivity contribution is 5.92. The van der Waals surface area contributed by atoms with Gasteiger partial charge in [0.1, 0.15) is 5.69 Å². The van der Waals surface area contributed by atoms with Gasteiger partial charge in [-0.1, -0.05) is 44.2 Å². The Morgan fingerprint density at radius 3 is 2.42 bits per heavy atom. The van der Waals surface area contributed by atoms with E-state index in [2.05, 4.69) is 59.5 Å². The lowest BCUT2D eigenvalue weighted by molar-refractivity contribution is -0.170. The van der Waals surface area contributed by atoms with Crippen LogP contribution in [0.25, 0.3) is 0 Å². The molecule has 1 N–H and O–H groups in total. The summed E-state index contributed by atoms with van der Waals surface area (Å²) in [6, 6.07) is 11.0. The Labute approximate surface area is 142 Å². The number of benzene rings is 1. The largest absolute Gasteiger partial charge is 0.347 e. The van der Waals surface area contributed by atoms with Gasteiger partial charge < -0.3 is 5.32 Å². The highest BCUT2D eigenvalue weighted by atomic mass is 16.2. The molecular weight excluding hydrogens is 298 g/mol. The summed E-state index contributed by atoms with van der Waals surface area (Å²) in [5.41, 5.74) is 2.45. The van der Waals surface area contributed by atoms with Crippen LogP contribution in [0, 0.1) is 11.3 Å². The summed E-state index contributed by atoms with van der Waals surface area (Å²) in [5, 5.41) is 3.24. The maximum Gasteiger partial charge on any atom is 0.271 e. The van der Waals surface area contributed by atoms with Gasteiger partial charge in [0.15, 0.2) is 0 Å². The van der Waals surface area contributed by atoms with Crippen molar-refractivity contribution in [2.45, 2.75) is 44.6 Å². The minimum Gasteiger partial charge on any atom is -0.347 e. The summed E-state index contributed by atoms with van der Waals surface area (Å²) in [6.45, 7) is 4.38. The van der Waals surface area contributed by atoms with Gasteiger partial charge >= 0.3 is 0 Å². The van der Waals surface area contributed by atoms with Crippen LogP contribution in [0.1, 0.15) is 49.2 Å². The number of aromatic nitrogens is 2. The highest BCUT2D eigenvalue weighted by Gasteiger charge is 2.71. The lowest BCUT2D eigenvalue weighted by Gasteiger charge is -2.74. The molecule has 4 heteroatoms. The van der Waals surface area contributed by atoms with Crippen molar-refractivity contribution in [3.05, 3.63) is 60.2 Å². The van der Waals surface area contributed by atoms with Crippen molar-refractivity contribution in [2.24, 2.45) is 11.3 Å². The van der Waals surface area contributed by atoms with Crippen molar-refractivity contribution in [3.8, 4) is 0 Å². The van der Waals surface area contributed by atoms with Gasteiger partial charge in [-0.2, -0.15) is 0 Å². The normalized spacial score (nSPS) is 28.6. The van der Waals surface area contributed by atoms with Gasteiger partial charge in [0.05, 0.1) is 6.20 Å². The van der Waals surface area contributed by atoms with Crippen LogP contribution < -0.4 is 5.32 Å². The average Bonchev–Trinajstić information content (AvgIpc) is 2.53. The molecule has 1 unspecified atom stereocenters. The molecule has 2 bridgehead atoms. The van der Waals surface area contributed by atoms with Gasteiger partial charge in [-0.15, -0.1) is 0 Å². The molecular formula is C20H23N3O. The van der Waals surface area contributed by atoms with Gasteiger partial charge in [-0.05, 0) is 41.6 Å². The van der Waals surface area contributed by atoms with Crippen LogP contribution in [0.15, 0.2) is 48.9 Å². The van der Waals surface area contributed by atoms with Crippen LogP contribution in [0.4, 0.5) is 0 Å². The first-order valence-corrected chi connectivity index (χ1v) is 8.67. The van der Waals surface area contributed by atoms with Crippen LogP contribution in [-0.4, -0.2) is 21.9 Å². The first-order chi connectivity index (χ1) is 11.5. The number of rotatable bonds is 5. The summed E-state index contributed by atoms with van der Waals surface area (Å²) in [4.78, 5) is 20.6. The highest BCUT2D eigenvalue weighted by Crippen LogP contribution is 2.75. The van der Waals surface area contributed by atoms with Crippen LogP contribution in [0.3, 0.4) is 0 Å². The van der Waals surface area contributed by atoms with Crippen LogP contribution >= 0.6 is 0 Å². The molecule has 3 saturated carbocycles.